The van der Waals surface area contributed by atoms with Crippen molar-refractivity contribution in [3.63, 3.8) is 0 Å². The van der Waals surface area contributed by atoms with Crippen LogP contribution in [0.3, 0.4) is 0 Å². The molecule has 0 bridgehead atoms. The van der Waals surface area contributed by atoms with Crippen molar-refractivity contribution in [2.75, 3.05) is 11.5 Å². The van der Waals surface area contributed by atoms with Crippen LogP contribution in [0.1, 0.15) is 130 Å². The zero-order valence-electron chi connectivity index (χ0n) is 25.5. The van der Waals surface area contributed by atoms with Crippen LogP contribution in [0.5, 0.6) is 0 Å². The third-order valence-electron chi connectivity index (χ3n) is 12.8. The molecule has 4 N–H and O–H groups in total. The second kappa shape index (κ2) is 11.0. The van der Waals surface area contributed by atoms with Crippen LogP contribution in [0.15, 0.2) is 18.2 Å². The molecule has 0 saturated heterocycles. The molecular weight excluding hydrogens is 464 g/mol. The maximum Gasteiger partial charge on any atom is 0.0820 e. The summed E-state index contributed by atoms with van der Waals surface area (Å²) in [5.41, 5.74) is 15.8. The lowest BCUT2D eigenvalue weighted by molar-refractivity contribution is -0.194. The van der Waals surface area contributed by atoms with Gasteiger partial charge in [-0.1, -0.05) is 66.4 Å². The molecule has 0 spiro atoms. The van der Waals surface area contributed by atoms with Gasteiger partial charge in [0.1, 0.15) is 0 Å². The number of hydrogen-bond donors (Lipinski definition) is 2. The highest BCUT2D eigenvalue weighted by Crippen LogP contribution is 2.69. The molecule has 1 aromatic carbocycles. The molecule has 5 rings (SSSR count). The maximum absolute atomic E-state index is 7.06. The first-order valence-electron chi connectivity index (χ1n) is 16.4. The summed E-state index contributed by atoms with van der Waals surface area (Å²) >= 11 is 0. The predicted octanol–water partition coefficient (Wildman–Crippen LogP) is 9.42. The van der Waals surface area contributed by atoms with Gasteiger partial charge in [-0.2, -0.15) is 0 Å². The first kappa shape index (κ1) is 28.3. The van der Waals surface area contributed by atoms with Gasteiger partial charge in [0.15, 0.2) is 0 Å². The number of fused-ring (bicyclic) bond motifs is 5. The monoisotopic (exact) mass is 522 g/mol. The molecule has 1 aromatic rings. The van der Waals surface area contributed by atoms with Crippen LogP contribution in [-0.2, 0) is 4.74 Å². The van der Waals surface area contributed by atoms with Crippen molar-refractivity contribution in [2.45, 2.75) is 131 Å². The Balaban J connectivity index is 1.33. The first-order chi connectivity index (χ1) is 18.1. The van der Waals surface area contributed by atoms with Gasteiger partial charge in [-0.3, -0.25) is 0 Å². The summed E-state index contributed by atoms with van der Waals surface area (Å²) in [6, 6.07) is 5.93. The van der Waals surface area contributed by atoms with E-state index in [1.54, 1.807) is 0 Å². The Morgan fingerprint density at radius 1 is 0.895 bits per heavy atom. The van der Waals surface area contributed by atoms with Gasteiger partial charge in [0.25, 0.3) is 0 Å². The lowest BCUT2D eigenvalue weighted by atomic mass is 9.44. The van der Waals surface area contributed by atoms with E-state index < -0.39 is 0 Å². The van der Waals surface area contributed by atoms with E-state index in [0.29, 0.717) is 16.9 Å². The highest BCUT2D eigenvalue weighted by Gasteiger charge is 2.62. The quantitative estimate of drug-likeness (QED) is 0.334. The van der Waals surface area contributed by atoms with E-state index in [-0.39, 0.29) is 6.10 Å². The zero-order valence-corrected chi connectivity index (χ0v) is 25.5. The highest BCUT2D eigenvalue weighted by molar-refractivity contribution is 5.57. The molecular formula is C35H58N2O. The van der Waals surface area contributed by atoms with Crippen molar-refractivity contribution < 1.29 is 4.74 Å². The third-order valence-corrected chi connectivity index (χ3v) is 12.8. The predicted molar refractivity (Wildman–Crippen MR) is 162 cm³/mol. The molecule has 0 amide bonds. The van der Waals surface area contributed by atoms with Gasteiger partial charge in [-0.15, -0.1) is 0 Å². The molecule has 0 aliphatic heterocycles. The number of nitrogen functional groups attached to an aromatic ring is 2. The Bertz CT molecular complexity index is 959. The Hall–Kier alpha value is -1.22. The van der Waals surface area contributed by atoms with E-state index in [2.05, 4.69) is 47.6 Å². The van der Waals surface area contributed by atoms with Crippen LogP contribution >= 0.6 is 0 Å². The number of ether oxygens (including phenoxy) is 1. The number of anilines is 2. The summed E-state index contributed by atoms with van der Waals surface area (Å²) in [5, 5.41) is 0. The second-order valence-corrected chi connectivity index (χ2v) is 15.1. The lowest BCUT2D eigenvalue weighted by Gasteiger charge is -2.63. The molecule has 3 nitrogen and oxygen atoms in total. The number of rotatable bonds is 8. The molecule has 0 aromatic heterocycles. The van der Waals surface area contributed by atoms with Gasteiger partial charge in [0.2, 0.25) is 0 Å². The lowest BCUT2D eigenvalue weighted by Crippen LogP contribution is -2.58. The van der Waals surface area contributed by atoms with Crippen LogP contribution in [0, 0.1) is 52.3 Å². The number of hydrogen-bond acceptors (Lipinski definition) is 3. The molecule has 214 valence electrons. The van der Waals surface area contributed by atoms with Gasteiger partial charge in [-0.25, -0.2) is 0 Å². The minimum absolute atomic E-state index is 0.00737. The van der Waals surface area contributed by atoms with Crippen molar-refractivity contribution in [2.24, 2.45) is 52.3 Å². The van der Waals surface area contributed by atoms with Gasteiger partial charge in [-0.05, 0) is 123 Å². The molecule has 4 aliphatic carbocycles. The van der Waals surface area contributed by atoms with Crippen LogP contribution in [0.4, 0.5) is 11.4 Å². The SMILES string of the molecule is CC(C)CCC[C@@H](C)[C@H]1CC[C@H]2[C@@H]3CCC4CCCC(OC(C)c5ccc(N)cc5N)[C@]4(C)[C@H]3CC[C@]12C. The Morgan fingerprint density at radius 2 is 1.68 bits per heavy atom. The van der Waals surface area contributed by atoms with E-state index in [1.807, 2.05) is 12.1 Å². The van der Waals surface area contributed by atoms with Crippen LogP contribution in [0.2, 0.25) is 0 Å². The Morgan fingerprint density at radius 3 is 2.42 bits per heavy atom. The molecule has 38 heavy (non-hydrogen) atoms. The van der Waals surface area contributed by atoms with Crippen molar-refractivity contribution in [1.82, 2.24) is 0 Å². The summed E-state index contributed by atoms with van der Waals surface area (Å²) < 4.78 is 7.06. The smallest absolute Gasteiger partial charge is 0.0820 e. The Labute approximate surface area is 234 Å². The van der Waals surface area contributed by atoms with Crippen molar-refractivity contribution >= 4 is 11.4 Å². The van der Waals surface area contributed by atoms with Gasteiger partial charge < -0.3 is 16.2 Å². The number of benzene rings is 1. The largest absolute Gasteiger partial charge is 0.399 e. The fourth-order valence-corrected chi connectivity index (χ4v) is 10.8. The highest BCUT2D eigenvalue weighted by atomic mass is 16.5. The molecule has 0 radical (unpaired) electrons. The van der Waals surface area contributed by atoms with Crippen molar-refractivity contribution in [1.29, 1.82) is 0 Å². The first-order valence-corrected chi connectivity index (χ1v) is 16.4. The molecule has 3 unspecified atom stereocenters. The van der Waals surface area contributed by atoms with E-state index in [4.69, 9.17) is 16.2 Å². The van der Waals surface area contributed by atoms with Gasteiger partial charge >= 0.3 is 0 Å². The average Bonchev–Trinajstić information content (AvgIpc) is 3.21. The van der Waals surface area contributed by atoms with E-state index in [1.165, 1.54) is 77.0 Å². The number of nitrogens with two attached hydrogens (primary N) is 2. The summed E-state index contributed by atoms with van der Waals surface area (Å²) in [7, 11) is 0. The van der Waals surface area contributed by atoms with Crippen LogP contribution < -0.4 is 11.5 Å². The minimum atomic E-state index is 0.00737. The fourth-order valence-electron chi connectivity index (χ4n) is 10.8. The average molecular weight is 523 g/mol. The zero-order chi connectivity index (χ0) is 27.2. The van der Waals surface area contributed by atoms with Crippen LogP contribution in [-0.4, -0.2) is 6.10 Å². The van der Waals surface area contributed by atoms with Gasteiger partial charge in [0.05, 0.1) is 12.2 Å². The summed E-state index contributed by atoms with van der Waals surface area (Å²) in [5.74, 6) is 6.09. The third kappa shape index (κ3) is 4.92. The van der Waals surface area contributed by atoms with Gasteiger partial charge in [0, 0.05) is 16.9 Å². The van der Waals surface area contributed by atoms with Crippen LogP contribution in [0.25, 0.3) is 0 Å². The molecule has 4 aliphatic rings. The molecule has 4 saturated carbocycles. The molecule has 3 heteroatoms. The van der Waals surface area contributed by atoms with E-state index in [9.17, 15) is 0 Å². The standard InChI is InChI=1S/C35H58N2O/c1-22(2)9-7-10-23(3)29-17-18-30-28-15-13-25-11-8-12-33(35(25,6)31(28)19-20-34(29,30)5)38-24(4)27-16-14-26(36)21-32(27)37/h14,16,21-25,28-31,33H,7-13,15,17-20,36-37H2,1-6H3/t23-,24?,25?,28+,29-,30+,31+,33?,34-,35+/m1/s1. The fraction of sp³-hybridized carbons (Fsp3) is 0.829. The minimum Gasteiger partial charge on any atom is -0.399 e. The molecule has 10 atom stereocenters. The molecule has 0 heterocycles. The van der Waals surface area contributed by atoms with Crippen molar-refractivity contribution in [3.8, 4) is 0 Å². The van der Waals surface area contributed by atoms with E-state index >= 15 is 0 Å². The normalized spacial score (nSPS) is 40.3. The topological polar surface area (TPSA) is 61.3 Å². The second-order valence-electron chi connectivity index (χ2n) is 15.1. The molecule has 4 fully saturated rings. The maximum atomic E-state index is 7.06. The summed E-state index contributed by atoms with van der Waals surface area (Å²) in [6.07, 6.45) is 17.2. The van der Waals surface area contributed by atoms with Crippen molar-refractivity contribution in [3.05, 3.63) is 23.8 Å². The Kier molecular flexibility index (Phi) is 8.18. The van der Waals surface area contributed by atoms with E-state index in [0.717, 1.165) is 58.4 Å². The summed E-state index contributed by atoms with van der Waals surface area (Å²) in [6.45, 7) is 14.9. The summed E-state index contributed by atoms with van der Waals surface area (Å²) in [4.78, 5) is 0.